The van der Waals surface area contributed by atoms with Crippen LogP contribution in [0.2, 0.25) is 0 Å². The third-order valence-electron chi connectivity index (χ3n) is 5.05. The van der Waals surface area contributed by atoms with Gasteiger partial charge < -0.3 is 15.5 Å². The molecule has 2 N–H and O–H groups in total. The summed E-state index contributed by atoms with van der Waals surface area (Å²) in [4.78, 5) is 18.7. The Kier molecular flexibility index (Phi) is 9.38. The number of likely N-dealkylation sites (tertiary alicyclic amines) is 1. The number of piperidine rings is 1. The summed E-state index contributed by atoms with van der Waals surface area (Å²) in [6.07, 6.45) is 2.69. The molecule has 2 rings (SSSR count). The fourth-order valence-corrected chi connectivity index (χ4v) is 3.34. The lowest BCUT2D eigenvalue weighted by Crippen LogP contribution is -2.46. The third-order valence-corrected chi connectivity index (χ3v) is 5.05. The van der Waals surface area contributed by atoms with E-state index in [4.69, 9.17) is 4.99 Å². The second-order valence-corrected chi connectivity index (χ2v) is 6.75. The molecule has 0 bridgehead atoms. The topological polar surface area (TPSA) is 74.5 Å². The molecule has 1 fully saturated rings. The van der Waals surface area contributed by atoms with Crippen LogP contribution in [0.1, 0.15) is 43.1 Å². The highest BCUT2D eigenvalue weighted by Crippen LogP contribution is 2.21. The van der Waals surface area contributed by atoms with E-state index in [0.717, 1.165) is 44.1 Å². The zero-order valence-corrected chi connectivity index (χ0v) is 19.0. The largest absolute Gasteiger partial charge is 0.359 e. The van der Waals surface area contributed by atoms with Crippen molar-refractivity contribution in [2.75, 3.05) is 26.7 Å². The number of rotatable bonds is 5. The highest BCUT2D eigenvalue weighted by atomic mass is 127. The van der Waals surface area contributed by atoms with Crippen LogP contribution in [0.25, 0.3) is 0 Å². The molecule has 8 heteroatoms. The second-order valence-electron chi connectivity index (χ2n) is 6.75. The minimum atomic E-state index is 0. The number of aliphatic imine (C=N–C) groups is 1. The molecule has 1 aliphatic heterocycles. The van der Waals surface area contributed by atoms with E-state index < -0.39 is 0 Å². The van der Waals surface area contributed by atoms with Gasteiger partial charge in [-0.15, -0.1) is 24.0 Å². The van der Waals surface area contributed by atoms with Crippen LogP contribution in [-0.2, 0) is 18.4 Å². The van der Waals surface area contributed by atoms with E-state index in [0.29, 0.717) is 18.9 Å². The van der Waals surface area contributed by atoms with Gasteiger partial charge >= 0.3 is 0 Å². The van der Waals surface area contributed by atoms with Crippen LogP contribution >= 0.6 is 24.0 Å². The predicted molar refractivity (Wildman–Crippen MR) is 116 cm³/mol. The van der Waals surface area contributed by atoms with Gasteiger partial charge in [0.2, 0.25) is 5.91 Å². The van der Waals surface area contributed by atoms with E-state index in [1.807, 2.05) is 18.7 Å². The van der Waals surface area contributed by atoms with E-state index >= 15 is 0 Å². The lowest BCUT2D eigenvalue weighted by atomic mass is 9.93. The molecule has 7 nitrogen and oxygen atoms in total. The molecule has 148 valence electrons. The van der Waals surface area contributed by atoms with Gasteiger partial charge in [0.15, 0.2) is 5.96 Å². The molecule has 0 unspecified atom stereocenters. The monoisotopic (exact) mass is 476 g/mol. The van der Waals surface area contributed by atoms with Crippen LogP contribution in [0.3, 0.4) is 0 Å². The van der Waals surface area contributed by atoms with Crippen LogP contribution < -0.4 is 10.6 Å². The Hall–Kier alpha value is -1.32. The van der Waals surface area contributed by atoms with Gasteiger partial charge in [0.25, 0.3) is 0 Å². The second kappa shape index (κ2) is 10.7. The number of nitrogens with one attached hydrogen (secondary N) is 2. The Labute approximate surface area is 174 Å². The van der Waals surface area contributed by atoms with E-state index in [2.05, 4.69) is 34.5 Å². The maximum Gasteiger partial charge on any atom is 0.220 e. The molecule has 1 aliphatic rings. The first-order valence-corrected chi connectivity index (χ1v) is 9.19. The standard InChI is InChI=1S/C18H32N6O.HI/c1-6-20-18(21-12-16-13(2)22-23(5)14(16)3)24-9-7-15(8-10-24)11-17(25)19-4;/h15H,6-12H2,1-5H3,(H,19,25)(H,20,21);1H. The summed E-state index contributed by atoms with van der Waals surface area (Å²) in [5.41, 5.74) is 3.41. The quantitative estimate of drug-likeness (QED) is 0.387. The molecule has 0 saturated carbocycles. The van der Waals surface area contributed by atoms with Crippen molar-refractivity contribution in [2.45, 2.75) is 46.6 Å². The number of amides is 1. The van der Waals surface area contributed by atoms with Crippen LogP contribution in [-0.4, -0.2) is 53.2 Å². The Balaban J connectivity index is 0.00000338. The summed E-state index contributed by atoms with van der Waals surface area (Å²) in [6.45, 7) is 9.59. The molecule has 26 heavy (non-hydrogen) atoms. The maximum atomic E-state index is 11.6. The molecular weight excluding hydrogens is 443 g/mol. The Morgan fingerprint density at radius 1 is 1.31 bits per heavy atom. The van der Waals surface area contributed by atoms with Gasteiger partial charge in [0.1, 0.15) is 0 Å². The number of nitrogens with zero attached hydrogens (tertiary/aromatic N) is 4. The Bertz CT molecular complexity index is 619. The summed E-state index contributed by atoms with van der Waals surface area (Å²) < 4.78 is 1.91. The fraction of sp³-hybridized carbons (Fsp3) is 0.722. The first-order chi connectivity index (χ1) is 12.0. The van der Waals surface area contributed by atoms with Crippen molar-refractivity contribution < 1.29 is 4.79 Å². The van der Waals surface area contributed by atoms with Gasteiger partial charge in [-0.25, -0.2) is 4.99 Å². The van der Waals surface area contributed by atoms with Gasteiger partial charge in [-0.2, -0.15) is 5.10 Å². The minimum Gasteiger partial charge on any atom is -0.359 e. The molecule has 2 heterocycles. The summed E-state index contributed by atoms with van der Waals surface area (Å²) in [7, 11) is 3.67. The van der Waals surface area contributed by atoms with Crippen molar-refractivity contribution in [2.24, 2.45) is 18.0 Å². The molecule has 1 amide bonds. The lowest BCUT2D eigenvalue weighted by Gasteiger charge is -2.34. The van der Waals surface area contributed by atoms with E-state index in [1.54, 1.807) is 7.05 Å². The van der Waals surface area contributed by atoms with Crippen molar-refractivity contribution in [3.05, 3.63) is 17.0 Å². The van der Waals surface area contributed by atoms with Crippen molar-refractivity contribution in [3.8, 4) is 0 Å². The van der Waals surface area contributed by atoms with E-state index in [-0.39, 0.29) is 29.9 Å². The zero-order valence-electron chi connectivity index (χ0n) is 16.6. The molecular formula is C18H33IN6O. The first kappa shape index (κ1) is 22.7. The van der Waals surface area contributed by atoms with Crippen molar-refractivity contribution in [1.29, 1.82) is 0 Å². The predicted octanol–water partition coefficient (Wildman–Crippen LogP) is 1.97. The highest BCUT2D eigenvalue weighted by molar-refractivity contribution is 14.0. The van der Waals surface area contributed by atoms with E-state index in [9.17, 15) is 4.79 Å². The third kappa shape index (κ3) is 5.85. The Morgan fingerprint density at radius 2 is 1.96 bits per heavy atom. The molecule has 1 saturated heterocycles. The summed E-state index contributed by atoms with van der Waals surface area (Å²) >= 11 is 0. The number of halogens is 1. The number of aromatic nitrogens is 2. The highest BCUT2D eigenvalue weighted by Gasteiger charge is 2.23. The van der Waals surface area contributed by atoms with Gasteiger partial charge in [0.05, 0.1) is 12.2 Å². The van der Waals surface area contributed by atoms with Crippen LogP contribution in [0.15, 0.2) is 4.99 Å². The molecule has 0 atom stereocenters. The zero-order chi connectivity index (χ0) is 18.4. The molecule has 0 aromatic carbocycles. The van der Waals surface area contributed by atoms with Crippen LogP contribution in [0.4, 0.5) is 0 Å². The van der Waals surface area contributed by atoms with Gasteiger partial charge in [0, 0.05) is 51.4 Å². The average Bonchev–Trinajstić information content (AvgIpc) is 2.84. The normalized spacial score (nSPS) is 15.6. The summed E-state index contributed by atoms with van der Waals surface area (Å²) in [5.74, 6) is 1.58. The van der Waals surface area contributed by atoms with Gasteiger partial charge in [-0.1, -0.05) is 0 Å². The average molecular weight is 476 g/mol. The molecule has 1 aromatic rings. The number of carbonyl (C=O) groups is 1. The Morgan fingerprint density at radius 3 is 2.46 bits per heavy atom. The van der Waals surface area contributed by atoms with Crippen LogP contribution in [0.5, 0.6) is 0 Å². The number of carbonyl (C=O) groups excluding carboxylic acids is 1. The van der Waals surface area contributed by atoms with Crippen LogP contribution in [0, 0.1) is 19.8 Å². The lowest BCUT2D eigenvalue weighted by molar-refractivity contribution is -0.121. The number of hydrogen-bond acceptors (Lipinski definition) is 3. The van der Waals surface area contributed by atoms with Gasteiger partial charge in [-0.05, 0) is 39.5 Å². The molecule has 0 aliphatic carbocycles. The van der Waals surface area contributed by atoms with Crippen molar-refractivity contribution in [3.63, 3.8) is 0 Å². The van der Waals surface area contributed by atoms with Crippen molar-refractivity contribution in [1.82, 2.24) is 25.3 Å². The molecule has 0 spiro atoms. The van der Waals surface area contributed by atoms with Crippen molar-refractivity contribution >= 4 is 35.8 Å². The fourth-order valence-electron chi connectivity index (χ4n) is 3.34. The maximum absolute atomic E-state index is 11.6. The van der Waals surface area contributed by atoms with Gasteiger partial charge in [-0.3, -0.25) is 9.48 Å². The summed E-state index contributed by atoms with van der Waals surface area (Å²) in [6, 6.07) is 0. The molecule has 0 radical (unpaired) electrons. The number of guanidine groups is 1. The molecule has 1 aromatic heterocycles. The number of aryl methyl sites for hydroxylation is 2. The SMILES string of the molecule is CCNC(=NCc1c(C)nn(C)c1C)N1CCC(CC(=O)NC)CC1.I. The first-order valence-electron chi connectivity index (χ1n) is 9.19. The summed E-state index contributed by atoms with van der Waals surface area (Å²) in [5, 5.41) is 10.6. The smallest absolute Gasteiger partial charge is 0.220 e. The van der Waals surface area contributed by atoms with E-state index in [1.165, 1.54) is 11.3 Å². The number of hydrogen-bond donors (Lipinski definition) is 2. The minimum absolute atomic E-state index is 0.